The van der Waals surface area contributed by atoms with Crippen LogP contribution in [0.5, 0.6) is 0 Å². The number of benzene rings is 1. The van der Waals surface area contributed by atoms with Crippen LogP contribution in [0.2, 0.25) is 5.15 Å². The molecule has 0 saturated heterocycles. The molecule has 0 aliphatic rings. The molecule has 2 rings (SSSR count). The first kappa shape index (κ1) is 18.2. The van der Waals surface area contributed by atoms with Gasteiger partial charge < -0.3 is 15.4 Å². The molecule has 6 heteroatoms. The van der Waals surface area contributed by atoms with Gasteiger partial charge in [-0.3, -0.25) is 4.99 Å². The van der Waals surface area contributed by atoms with Crippen molar-refractivity contribution < 1.29 is 4.74 Å². The largest absolute Gasteiger partial charge is 0.375 e. The Labute approximate surface area is 148 Å². The van der Waals surface area contributed by atoms with Crippen molar-refractivity contribution in [2.45, 2.75) is 12.5 Å². The summed E-state index contributed by atoms with van der Waals surface area (Å²) in [5.41, 5.74) is 2.26. The van der Waals surface area contributed by atoms with E-state index in [0.717, 1.165) is 30.1 Å². The van der Waals surface area contributed by atoms with Crippen molar-refractivity contribution in [1.29, 1.82) is 0 Å². The molecule has 1 heterocycles. The highest BCUT2D eigenvalue weighted by molar-refractivity contribution is 6.29. The average molecular weight is 347 g/mol. The second-order valence-electron chi connectivity index (χ2n) is 5.25. The average Bonchev–Trinajstić information content (AvgIpc) is 2.63. The Morgan fingerprint density at radius 1 is 1.21 bits per heavy atom. The molecule has 1 unspecified atom stereocenters. The van der Waals surface area contributed by atoms with Crippen molar-refractivity contribution in [1.82, 2.24) is 15.6 Å². The number of rotatable bonds is 7. The molecule has 24 heavy (non-hydrogen) atoms. The molecule has 128 valence electrons. The molecule has 1 aromatic carbocycles. The maximum absolute atomic E-state index is 5.79. The van der Waals surface area contributed by atoms with Crippen LogP contribution in [0.3, 0.4) is 0 Å². The van der Waals surface area contributed by atoms with Gasteiger partial charge >= 0.3 is 0 Å². The lowest BCUT2D eigenvalue weighted by molar-refractivity contribution is 0.106. The van der Waals surface area contributed by atoms with Crippen molar-refractivity contribution in [2.75, 3.05) is 27.2 Å². The van der Waals surface area contributed by atoms with Crippen molar-refractivity contribution in [3.63, 3.8) is 0 Å². The highest BCUT2D eigenvalue weighted by atomic mass is 35.5. The van der Waals surface area contributed by atoms with Gasteiger partial charge in [-0.15, -0.1) is 0 Å². The lowest BCUT2D eigenvalue weighted by Crippen LogP contribution is -2.40. The lowest BCUT2D eigenvalue weighted by Gasteiger charge is -2.18. The van der Waals surface area contributed by atoms with Crippen LogP contribution in [0, 0.1) is 0 Å². The van der Waals surface area contributed by atoms with E-state index in [9.17, 15) is 0 Å². The summed E-state index contributed by atoms with van der Waals surface area (Å²) in [6.07, 6.45) is 2.61. The van der Waals surface area contributed by atoms with E-state index in [4.69, 9.17) is 16.3 Å². The van der Waals surface area contributed by atoms with Gasteiger partial charge in [-0.25, -0.2) is 4.98 Å². The van der Waals surface area contributed by atoms with Crippen molar-refractivity contribution in [3.8, 4) is 0 Å². The quantitative estimate of drug-likeness (QED) is 0.460. The number of nitrogens with zero attached hydrogens (tertiary/aromatic N) is 2. The zero-order valence-corrected chi connectivity index (χ0v) is 14.8. The molecule has 2 N–H and O–H groups in total. The molecule has 0 bridgehead atoms. The summed E-state index contributed by atoms with van der Waals surface area (Å²) in [6, 6.07) is 13.9. The van der Waals surface area contributed by atoms with Gasteiger partial charge in [0.25, 0.3) is 0 Å². The third kappa shape index (κ3) is 5.83. The number of hydrogen-bond donors (Lipinski definition) is 2. The van der Waals surface area contributed by atoms with Crippen LogP contribution in [0.4, 0.5) is 0 Å². The molecular weight excluding hydrogens is 324 g/mol. The van der Waals surface area contributed by atoms with E-state index in [2.05, 4.69) is 32.7 Å². The Kier molecular flexibility index (Phi) is 7.52. The maximum atomic E-state index is 5.79. The van der Waals surface area contributed by atoms with Crippen LogP contribution in [-0.4, -0.2) is 38.2 Å². The van der Waals surface area contributed by atoms with Crippen molar-refractivity contribution >= 4 is 17.6 Å². The SMILES string of the molecule is CN=C(NCCc1ccc(Cl)nc1)NCC(OC)c1ccccc1. The van der Waals surface area contributed by atoms with E-state index < -0.39 is 0 Å². The second-order valence-corrected chi connectivity index (χ2v) is 5.64. The van der Waals surface area contributed by atoms with Crippen molar-refractivity contribution in [2.24, 2.45) is 4.99 Å². The number of pyridine rings is 1. The Morgan fingerprint density at radius 2 is 2.00 bits per heavy atom. The van der Waals surface area contributed by atoms with Crippen LogP contribution >= 0.6 is 11.6 Å². The number of methoxy groups -OCH3 is 1. The van der Waals surface area contributed by atoms with Crippen LogP contribution in [0.1, 0.15) is 17.2 Å². The molecule has 1 aromatic heterocycles. The molecule has 1 atom stereocenters. The Hall–Kier alpha value is -2.11. The van der Waals surface area contributed by atoms with Gasteiger partial charge in [0.15, 0.2) is 5.96 Å². The molecule has 0 radical (unpaired) electrons. The van der Waals surface area contributed by atoms with Gasteiger partial charge in [-0.1, -0.05) is 48.0 Å². The first-order valence-corrected chi connectivity index (χ1v) is 8.23. The molecule has 0 aliphatic heterocycles. The number of halogens is 1. The van der Waals surface area contributed by atoms with Crippen LogP contribution in [0.25, 0.3) is 0 Å². The summed E-state index contributed by atoms with van der Waals surface area (Å²) in [5.74, 6) is 0.745. The lowest BCUT2D eigenvalue weighted by atomic mass is 10.1. The predicted molar refractivity (Wildman–Crippen MR) is 98.5 cm³/mol. The van der Waals surface area contributed by atoms with Crippen molar-refractivity contribution in [3.05, 3.63) is 64.9 Å². The number of hydrogen-bond acceptors (Lipinski definition) is 3. The Bertz CT molecular complexity index is 631. The monoisotopic (exact) mass is 346 g/mol. The van der Waals surface area contributed by atoms with Gasteiger partial charge in [-0.2, -0.15) is 0 Å². The first-order valence-electron chi connectivity index (χ1n) is 7.85. The highest BCUT2D eigenvalue weighted by Gasteiger charge is 2.10. The summed E-state index contributed by atoms with van der Waals surface area (Å²) in [6.45, 7) is 1.40. The Morgan fingerprint density at radius 3 is 2.62 bits per heavy atom. The molecule has 5 nitrogen and oxygen atoms in total. The minimum absolute atomic E-state index is 0.0229. The van der Waals surface area contributed by atoms with E-state index in [1.165, 1.54) is 0 Å². The fraction of sp³-hybridized carbons (Fsp3) is 0.333. The van der Waals surface area contributed by atoms with E-state index in [-0.39, 0.29) is 6.10 Å². The topological polar surface area (TPSA) is 58.5 Å². The molecule has 2 aromatic rings. The van der Waals surface area contributed by atoms with Gasteiger partial charge in [0.2, 0.25) is 0 Å². The normalized spacial score (nSPS) is 12.7. The zero-order chi connectivity index (χ0) is 17.2. The summed E-state index contributed by atoms with van der Waals surface area (Å²) in [5, 5.41) is 7.09. The highest BCUT2D eigenvalue weighted by Crippen LogP contribution is 2.14. The minimum Gasteiger partial charge on any atom is -0.375 e. The zero-order valence-electron chi connectivity index (χ0n) is 14.0. The molecule has 0 aliphatic carbocycles. The fourth-order valence-electron chi connectivity index (χ4n) is 2.29. The van der Waals surface area contributed by atoms with Crippen LogP contribution < -0.4 is 10.6 Å². The Balaban J connectivity index is 1.78. The van der Waals surface area contributed by atoms with E-state index in [1.54, 1.807) is 26.4 Å². The molecule has 0 amide bonds. The smallest absolute Gasteiger partial charge is 0.191 e. The van der Waals surface area contributed by atoms with Gasteiger partial charge in [0, 0.05) is 33.4 Å². The second kappa shape index (κ2) is 9.90. The third-order valence-electron chi connectivity index (χ3n) is 3.63. The van der Waals surface area contributed by atoms with Crippen LogP contribution in [0.15, 0.2) is 53.7 Å². The first-order chi connectivity index (χ1) is 11.7. The number of aliphatic imine (C=N–C) groups is 1. The van der Waals surface area contributed by atoms with E-state index in [1.807, 2.05) is 24.3 Å². The summed E-state index contributed by atoms with van der Waals surface area (Å²) in [4.78, 5) is 8.31. The number of guanidine groups is 1. The number of aromatic nitrogens is 1. The minimum atomic E-state index is -0.0229. The maximum Gasteiger partial charge on any atom is 0.191 e. The van der Waals surface area contributed by atoms with Gasteiger partial charge in [0.05, 0.1) is 6.10 Å². The fourth-order valence-corrected chi connectivity index (χ4v) is 2.41. The van der Waals surface area contributed by atoms with E-state index in [0.29, 0.717) is 11.7 Å². The predicted octanol–water partition coefficient (Wildman–Crippen LogP) is 2.83. The third-order valence-corrected chi connectivity index (χ3v) is 3.85. The summed E-state index contributed by atoms with van der Waals surface area (Å²) in [7, 11) is 3.46. The standard InChI is InChI=1S/C18H23ClN4O/c1-20-18(21-11-10-14-8-9-17(19)22-12-14)23-13-16(24-2)15-6-4-3-5-7-15/h3-9,12,16H,10-11,13H2,1-2H3,(H2,20,21,23). The van der Waals surface area contributed by atoms with Gasteiger partial charge in [0.1, 0.15) is 5.15 Å². The molecule has 0 saturated carbocycles. The number of ether oxygens (including phenoxy) is 1. The van der Waals surface area contributed by atoms with Gasteiger partial charge in [-0.05, 0) is 23.6 Å². The van der Waals surface area contributed by atoms with E-state index >= 15 is 0 Å². The summed E-state index contributed by atoms with van der Waals surface area (Å²) >= 11 is 5.79. The number of nitrogens with one attached hydrogen (secondary N) is 2. The molecular formula is C18H23ClN4O. The molecule has 0 spiro atoms. The van der Waals surface area contributed by atoms with Crippen LogP contribution in [-0.2, 0) is 11.2 Å². The molecule has 0 fully saturated rings. The summed E-state index contributed by atoms with van der Waals surface area (Å²) < 4.78 is 5.55.